The van der Waals surface area contributed by atoms with Crippen LogP contribution < -0.4 is 0 Å². The lowest BCUT2D eigenvalue weighted by Crippen LogP contribution is -1.82. The highest BCUT2D eigenvalue weighted by Crippen LogP contribution is 2.40. The second-order valence-corrected chi connectivity index (χ2v) is 4.29. The molecule has 0 fully saturated rings. The molecule has 0 aromatic heterocycles. The van der Waals surface area contributed by atoms with E-state index in [0.29, 0.717) is 15.7 Å². The minimum Gasteiger partial charge on any atom is -0.194 e. The average Bonchev–Trinajstić information content (AvgIpc) is 2.36. The molecule has 0 atom stereocenters. The summed E-state index contributed by atoms with van der Waals surface area (Å²) in [6.07, 6.45) is 0. The van der Waals surface area contributed by atoms with Crippen molar-refractivity contribution in [2.75, 3.05) is 0 Å². The van der Waals surface area contributed by atoms with Gasteiger partial charge in [-0.05, 0) is 29.9 Å². The summed E-state index contributed by atoms with van der Waals surface area (Å²) in [4.78, 5) is 4.01. The number of isothiocyanates is 1. The van der Waals surface area contributed by atoms with Crippen LogP contribution in [0, 0.1) is 0 Å². The largest absolute Gasteiger partial charge is 0.194 e. The van der Waals surface area contributed by atoms with E-state index in [-0.39, 0.29) is 0 Å². The Bertz CT molecular complexity index is 590. The van der Waals surface area contributed by atoms with Crippen LogP contribution in [-0.2, 0) is 0 Å². The molecule has 0 saturated carbocycles. The topological polar surface area (TPSA) is 12.4 Å². The molecule has 2 rings (SSSR count). The van der Waals surface area contributed by atoms with E-state index in [1.807, 2.05) is 30.3 Å². The molecule has 2 aromatic carbocycles. The van der Waals surface area contributed by atoms with Crippen molar-refractivity contribution in [2.45, 2.75) is 0 Å². The Labute approximate surface area is 115 Å². The summed E-state index contributed by atoms with van der Waals surface area (Å²) in [6.45, 7) is 0. The van der Waals surface area contributed by atoms with Crippen molar-refractivity contribution in [3.63, 3.8) is 0 Å². The summed E-state index contributed by atoms with van der Waals surface area (Å²) >= 11 is 16.9. The lowest BCUT2D eigenvalue weighted by atomic mass is 10.0. The van der Waals surface area contributed by atoms with Crippen molar-refractivity contribution in [1.29, 1.82) is 0 Å². The molecule has 0 saturated heterocycles. The molecule has 0 bridgehead atoms. The second-order valence-electron chi connectivity index (χ2n) is 3.32. The van der Waals surface area contributed by atoms with Crippen molar-refractivity contribution >= 4 is 46.3 Å². The SMILES string of the molecule is S=C=Nc1ccc(Cl)c(Cl)c1-c1ccccc1. The fourth-order valence-corrected chi connectivity index (χ4v) is 2.09. The molecule has 0 unspecified atom stereocenters. The number of hydrogen-bond donors (Lipinski definition) is 0. The summed E-state index contributed by atoms with van der Waals surface area (Å²) in [5.41, 5.74) is 2.39. The van der Waals surface area contributed by atoms with Crippen LogP contribution in [0.4, 0.5) is 5.69 Å². The van der Waals surface area contributed by atoms with Gasteiger partial charge in [0.1, 0.15) is 0 Å². The van der Waals surface area contributed by atoms with E-state index in [1.165, 1.54) is 0 Å². The van der Waals surface area contributed by atoms with Gasteiger partial charge in [0.05, 0.1) is 20.9 Å². The third kappa shape index (κ3) is 2.56. The maximum absolute atomic E-state index is 6.21. The van der Waals surface area contributed by atoms with Crippen molar-refractivity contribution < 1.29 is 0 Å². The Balaban J connectivity index is 2.74. The highest BCUT2D eigenvalue weighted by Gasteiger charge is 2.12. The van der Waals surface area contributed by atoms with Gasteiger partial charge in [0.25, 0.3) is 0 Å². The van der Waals surface area contributed by atoms with E-state index in [2.05, 4.69) is 22.4 Å². The van der Waals surface area contributed by atoms with E-state index in [1.54, 1.807) is 12.1 Å². The quantitative estimate of drug-likeness (QED) is 0.530. The van der Waals surface area contributed by atoms with Crippen LogP contribution in [-0.4, -0.2) is 5.16 Å². The summed E-state index contributed by atoms with van der Waals surface area (Å²) in [7, 11) is 0. The maximum Gasteiger partial charge on any atom is 0.0833 e. The zero-order valence-electron chi connectivity index (χ0n) is 8.65. The highest BCUT2D eigenvalue weighted by atomic mass is 35.5. The maximum atomic E-state index is 6.21. The first kappa shape index (κ1) is 12.3. The van der Waals surface area contributed by atoms with Gasteiger partial charge >= 0.3 is 0 Å². The predicted octanol–water partition coefficient (Wildman–Crippen LogP) is 5.39. The zero-order chi connectivity index (χ0) is 12.3. The van der Waals surface area contributed by atoms with Crippen LogP contribution in [0.3, 0.4) is 0 Å². The van der Waals surface area contributed by atoms with Crippen molar-refractivity contribution in [2.24, 2.45) is 4.99 Å². The van der Waals surface area contributed by atoms with Crippen molar-refractivity contribution in [3.8, 4) is 11.1 Å². The molecule has 0 aliphatic rings. The Morgan fingerprint density at radius 2 is 1.71 bits per heavy atom. The Kier molecular flexibility index (Phi) is 3.93. The van der Waals surface area contributed by atoms with Gasteiger partial charge in [-0.2, -0.15) is 4.99 Å². The molecule has 84 valence electrons. The molecule has 2 aromatic rings. The molecule has 0 N–H and O–H groups in total. The molecule has 1 nitrogen and oxygen atoms in total. The first-order chi connectivity index (χ1) is 8.24. The van der Waals surface area contributed by atoms with Gasteiger partial charge in [0.15, 0.2) is 0 Å². The first-order valence-electron chi connectivity index (χ1n) is 4.85. The van der Waals surface area contributed by atoms with Crippen LogP contribution >= 0.6 is 35.4 Å². The summed E-state index contributed by atoms with van der Waals surface area (Å²) in [5.74, 6) is 0. The van der Waals surface area contributed by atoms with Gasteiger partial charge in [-0.3, -0.25) is 0 Å². The third-order valence-electron chi connectivity index (χ3n) is 2.30. The zero-order valence-corrected chi connectivity index (χ0v) is 11.0. The van der Waals surface area contributed by atoms with Crippen LogP contribution in [0.5, 0.6) is 0 Å². The molecule has 17 heavy (non-hydrogen) atoms. The summed E-state index contributed by atoms with van der Waals surface area (Å²) in [6, 6.07) is 13.1. The predicted molar refractivity (Wildman–Crippen MR) is 76.6 cm³/mol. The number of rotatable bonds is 2. The van der Waals surface area contributed by atoms with Crippen molar-refractivity contribution in [3.05, 3.63) is 52.5 Å². The Hall–Kier alpha value is -1.18. The van der Waals surface area contributed by atoms with Gasteiger partial charge in [0.2, 0.25) is 0 Å². The minimum absolute atomic E-state index is 0.476. The number of halogens is 2. The lowest BCUT2D eigenvalue weighted by molar-refractivity contribution is 1.52. The molecular weight excluding hydrogens is 273 g/mol. The number of nitrogens with zero attached hydrogens (tertiary/aromatic N) is 1. The van der Waals surface area contributed by atoms with Crippen molar-refractivity contribution in [1.82, 2.24) is 0 Å². The Morgan fingerprint density at radius 1 is 1.00 bits per heavy atom. The first-order valence-corrected chi connectivity index (χ1v) is 6.01. The number of aliphatic imine (C=N–C) groups is 1. The smallest absolute Gasteiger partial charge is 0.0833 e. The van der Waals surface area contributed by atoms with E-state index in [4.69, 9.17) is 23.2 Å². The third-order valence-corrected chi connectivity index (χ3v) is 3.20. The molecule has 0 aliphatic carbocycles. The minimum atomic E-state index is 0.476. The van der Waals surface area contributed by atoms with E-state index >= 15 is 0 Å². The van der Waals surface area contributed by atoms with E-state index < -0.39 is 0 Å². The summed E-state index contributed by atoms with van der Waals surface area (Å²) < 4.78 is 0. The average molecular weight is 280 g/mol. The highest BCUT2D eigenvalue weighted by molar-refractivity contribution is 7.78. The second kappa shape index (κ2) is 5.44. The molecule has 0 radical (unpaired) electrons. The fourth-order valence-electron chi connectivity index (χ4n) is 1.56. The molecular formula is C13H7Cl2NS. The molecule has 0 amide bonds. The molecule has 0 aliphatic heterocycles. The number of benzene rings is 2. The van der Waals surface area contributed by atoms with E-state index in [9.17, 15) is 0 Å². The molecule has 0 heterocycles. The van der Waals surface area contributed by atoms with Crippen LogP contribution in [0.2, 0.25) is 10.0 Å². The normalized spacial score (nSPS) is 9.76. The number of thiocarbonyl (C=S) groups is 1. The van der Waals surface area contributed by atoms with Gasteiger partial charge in [0, 0.05) is 5.56 Å². The fraction of sp³-hybridized carbons (Fsp3) is 0. The lowest BCUT2D eigenvalue weighted by Gasteiger charge is -2.08. The standard InChI is InChI=1S/C13H7Cl2NS/c14-10-6-7-11(16-8-17)12(13(10)15)9-4-2-1-3-5-9/h1-7H. The van der Waals surface area contributed by atoms with Gasteiger partial charge in [-0.15, -0.1) is 0 Å². The van der Waals surface area contributed by atoms with Gasteiger partial charge < -0.3 is 0 Å². The molecule has 0 spiro atoms. The number of hydrogen-bond acceptors (Lipinski definition) is 2. The van der Waals surface area contributed by atoms with Gasteiger partial charge in [-0.1, -0.05) is 53.5 Å². The Morgan fingerprint density at radius 3 is 2.35 bits per heavy atom. The molecule has 4 heteroatoms. The van der Waals surface area contributed by atoms with Crippen LogP contribution in [0.1, 0.15) is 0 Å². The van der Waals surface area contributed by atoms with E-state index in [0.717, 1.165) is 11.1 Å². The van der Waals surface area contributed by atoms with Crippen LogP contribution in [0.25, 0.3) is 11.1 Å². The summed E-state index contributed by atoms with van der Waals surface area (Å²) in [5, 5.41) is 3.32. The monoisotopic (exact) mass is 279 g/mol. The van der Waals surface area contributed by atoms with Gasteiger partial charge in [-0.25, -0.2) is 0 Å². The van der Waals surface area contributed by atoms with Crippen LogP contribution in [0.15, 0.2) is 47.5 Å².